The summed E-state index contributed by atoms with van der Waals surface area (Å²) in [6.45, 7) is 2.29. The van der Waals surface area contributed by atoms with Gasteiger partial charge in [-0.2, -0.15) is 0 Å². The Labute approximate surface area is 83.1 Å². The van der Waals surface area contributed by atoms with Gasteiger partial charge in [-0.05, 0) is 25.1 Å². The third-order valence-corrected chi connectivity index (χ3v) is 1.60. The van der Waals surface area contributed by atoms with Crippen LogP contribution in [-0.4, -0.2) is 19.1 Å². The van der Waals surface area contributed by atoms with Crippen LogP contribution in [0.25, 0.3) is 0 Å². The van der Waals surface area contributed by atoms with Crippen molar-refractivity contribution in [2.24, 2.45) is 0 Å². The molecule has 0 saturated carbocycles. The van der Waals surface area contributed by atoms with Crippen molar-refractivity contribution in [3.63, 3.8) is 0 Å². The molecule has 1 rings (SSSR count). The summed E-state index contributed by atoms with van der Waals surface area (Å²) in [5.74, 6) is -0.289. The Morgan fingerprint density at radius 2 is 2.36 bits per heavy atom. The van der Waals surface area contributed by atoms with Crippen LogP contribution in [0.15, 0.2) is 24.3 Å². The molecule has 1 aromatic rings. The molecule has 2 N–H and O–H groups in total. The van der Waals surface area contributed by atoms with Gasteiger partial charge in [-0.3, -0.25) is 4.79 Å². The lowest BCUT2D eigenvalue weighted by Crippen LogP contribution is -2.16. The SMILES string of the molecule is CCOC(=O)CNc1cccc([NH])c1. The van der Waals surface area contributed by atoms with Gasteiger partial charge in [-0.25, -0.2) is 0 Å². The van der Waals surface area contributed by atoms with Crippen molar-refractivity contribution in [1.82, 2.24) is 5.73 Å². The first-order valence-electron chi connectivity index (χ1n) is 4.43. The number of benzene rings is 1. The highest BCUT2D eigenvalue weighted by atomic mass is 16.5. The van der Waals surface area contributed by atoms with E-state index in [-0.39, 0.29) is 12.5 Å². The van der Waals surface area contributed by atoms with Crippen molar-refractivity contribution in [2.45, 2.75) is 6.92 Å². The second-order valence-corrected chi connectivity index (χ2v) is 2.74. The second-order valence-electron chi connectivity index (χ2n) is 2.74. The zero-order valence-corrected chi connectivity index (χ0v) is 8.04. The predicted octanol–water partition coefficient (Wildman–Crippen LogP) is 1.58. The lowest BCUT2D eigenvalue weighted by molar-refractivity contribution is -0.140. The maximum Gasteiger partial charge on any atom is 0.325 e. The van der Waals surface area contributed by atoms with Crippen molar-refractivity contribution >= 4 is 17.3 Å². The zero-order valence-electron chi connectivity index (χ0n) is 8.04. The van der Waals surface area contributed by atoms with Crippen LogP contribution in [0.4, 0.5) is 11.4 Å². The van der Waals surface area contributed by atoms with Gasteiger partial charge >= 0.3 is 5.97 Å². The fourth-order valence-corrected chi connectivity index (χ4v) is 1.02. The molecule has 0 spiro atoms. The van der Waals surface area contributed by atoms with Gasteiger partial charge in [0.25, 0.3) is 0 Å². The van der Waals surface area contributed by atoms with Gasteiger partial charge in [0.05, 0.1) is 12.3 Å². The number of carbonyl (C=O) groups is 1. The summed E-state index contributed by atoms with van der Waals surface area (Å²) in [6.07, 6.45) is 0. The summed E-state index contributed by atoms with van der Waals surface area (Å²) in [6, 6.07) is 6.89. The summed E-state index contributed by atoms with van der Waals surface area (Å²) in [5, 5.41) is 2.88. The Hall–Kier alpha value is -1.71. The van der Waals surface area contributed by atoms with Crippen molar-refractivity contribution in [1.29, 1.82) is 0 Å². The monoisotopic (exact) mass is 193 g/mol. The third-order valence-electron chi connectivity index (χ3n) is 1.60. The molecule has 0 atom stereocenters. The number of nitrogens with one attached hydrogen (secondary N) is 2. The summed E-state index contributed by atoms with van der Waals surface area (Å²) >= 11 is 0. The van der Waals surface area contributed by atoms with Crippen LogP contribution in [0.3, 0.4) is 0 Å². The van der Waals surface area contributed by atoms with E-state index in [2.05, 4.69) is 5.32 Å². The van der Waals surface area contributed by atoms with Gasteiger partial charge in [0.1, 0.15) is 6.54 Å². The topological polar surface area (TPSA) is 62.1 Å². The number of esters is 1. The maximum absolute atomic E-state index is 11.0. The minimum atomic E-state index is -0.289. The van der Waals surface area contributed by atoms with Crippen LogP contribution in [-0.2, 0) is 9.53 Å². The van der Waals surface area contributed by atoms with Crippen molar-refractivity contribution in [3.8, 4) is 0 Å². The van der Waals surface area contributed by atoms with Crippen LogP contribution < -0.4 is 11.1 Å². The number of hydrogen-bond donors (Lipinski definition) is 1. The van der Waals surface area contributed by atoms with E-state index in [1.807, 2.05) is 0 Å². The first-order chi connectivity index (χ1) is 6.72. The molecular weight excluding hydrogens is 180 g/mol. The predicted molar refractivity (Wildman–Crippen MR) is 54.3 cm³/mol. The zero-order chi connectivity index (χ0) is 10.4. The molecule has 0 aliphatic heterocycles. The summed E-state index contributed by atoms with van der Waals surface area (Å²) in [4.78, 5) is 11.0. The number of anilines is 1. The summed E-state index contributed by atoms with van der Waals surface area (Å²) in [7, 11) is 0. The highest BCUT2D eigenvalue weighted by molar-refractivity contribution is 5.75. The molecule has 0 unspecified atom stereocenters. The third kappa shape index (κ3) is 3.35. The molecule has 0 heterocycles. The summed E-state index contributed by atoms with van der Waals surface area (Å²) in [5.41, 5.74) is 8.52. The van der Waals surface area contributed by atoms with E-state index >= 15 is 0 Å². The molecule has 0 saturated heterocycles. The molecular formula is C10H13N2O2. The Balaban J connectivity index is 2.41. The van der Waals surface area contributed by atoms with E-state index in [4.69, 9.17) is 10.5 Å². The van der Waals surface area contributed by atoms with Crippen molar-refractivity contribution < 1.29 is 9.53 Å². The highest BCUT2D eigenvalue weighted by Crippen LogP contribution is 2.12. The van der Waals surface area contributed by atoms with E-state index in [1.54, 1.807) is 31.2 Å². The van der Waals surface area contributed by atoms with E-state index in [0.29, 0.717) is 12.3 Å². The van der Waals surface area contributed by atoms with Gasteiger partial charge < -0.3 is 15.8 Å². The largest absolute Gasteiger partial charge is 0.465 e. The minimum absolute atomic E-state index is 0.136. The van der Waals surface area contributed by atoms with E-state index in [9.17, 15) is 4.79 Å². The van der Waals surface area contributed by atoms with E-state index in [1.165, 1.54) is 0 Å². The Morgan fingerprint density at radius 1 is 1.57 bits per heavy atom. The molecule has 0 aliphatic carbocycles. The molecule has 0 aliphatic rings. The molecule has 0 amide bonds. The van der Waals surface area contributed by atoms with Crippen LogP contribution in [0, 0.1) is 0 Å². The van der Waals surface area contributed by atoms with Gasteiger partial charge in [0.2, 0.25) is 0 Å². The quantitative estimate of drug-likeness (QED) is 0.738. The first kappa shape index (κ1) is 10.4. The van der Waals surface area contributed by atoms with Crippen molar-refractivity contribution in [3.05, 3.63) is 24.3 Å². The fourth-order valence-electron chi connectivity index (χ4n) is 1.02. The average Bonchev–Trinajstić information content (AvgIpc) is 2.15. The number of carbonyl (C=O) groups excluding carboxylic acids is 1. The molecule has 4 nitrogen and oxygen atoms in total. The van der Waals surface area contributed by atoms with Gasteiger partial charge in [0, 0.05) is 5.69 Å². The van der Waals surface area contributed by atoms with Crippen LogP contribution in [0.1, 0.15) is 6.92 Å². The number of hydrogen-bond acceptors (Lipinski definition) is 3. The van der Waals surface area contributed by atoms with Crippen LogP contribution in [0.2, 0.25) is 0 Å². The van der Waals surface area contributed by atoms with Crippen molar-refractivity contribution in [2.75, 3.05) is 18.5 Å². The maximum atomic E-state index is 11.0. The number of rotatable bonds is 4. The number of ether oxygens (including phenoxy) is 1. The Morgan fingerprint density at radius 3 is 3.00 bits per heavy atom. The van der Waals surface area contributed by atoms with Gasteiger partial charge in [-0.15, -0.1) is 0 Å². The normalized spacial score (nSPS) is 9.50. The molecule has 0 bridgehead atoms. The fraction of sp³-hybridized carbons (Fsp3) is 0.300. The molecule has 0 fully saturated rings. The van der Waals surface area contributed by atoms with Gasteiger partial charge in [0.15, 0.2) is 0 Å². The molecule has 4 heteroatoms. The van der Waals surface area contributed by atoms with Gasteiger partial charge in [-0.1, -0.05) is 6.07 Å². The van der Waals surface area contributed by atoms with Crippen LogP contribution in [0.5, 0.6) is 0 Å². The lowest BCUT2D eigenvalue weighted by atomic mass is 10.3. The average molecular weight is 193 g/mol. The highest BCUT2D eigenvalue weighted by Gasteiger charge is 2.00. The standard InChI is InChI=1S/C10H13N2O2/c1-2-14-10(13)7-12-9-5-3-4-8(11)6-9/h3-6,11-12H,2,7H2,1H3. The lowest BCUT2D eigenvalue weighted by Gasteiger charge is -2.05. The molecule has 75 valence electrons. The van der Waals surface area contributed by atoms with E-state index in [0.717, 1.165) is 5.69 Å². The Bertz CT molecular complexity index is 313. The molecule has 0 aromatic heterocycles. The second kappa shape index (κ2) is 5.11. The molecule has 1 radical (unpaired) electrons. The first-order valence-corrected chi connectivity index (χ1v) is 4.43. The summed E-state index contributed by atoms with van der Waals surface area (Å²) < 4.78 is 4.75. The minimum Gasteiger partial charge on any atom is -0.465 e. The van der Waals surface area contributed by atoms with E-state index < -0.39 is 0 Å². The van der Waals surface area contributed by atoms with Crippen LogP contribution >= 0.6 is 0 Å². The molecule has 14 heavy (non-hydrogen) atoms. The molecule has 1 aromatic carbocycles. The Kier molecular flexibility index (Phi) is 3.79. The smallest absolute Gasteiger partial charge is 0.325 e.